The molecule has 6 heteroatoms. The second-order valence-electron chi connectivity index (χ2n) is 5.36. The largest absolute Gasteiger partial charge is 0.335 e. The van der Waals surface area contributed by atoms with E-state index in [1.165, 1.54) is 0 Å². The van der Waals surface area contributed by atoms with Crippen LogP contribution in [0.15, 0.2) is 18.5 Å². The number of piperidine rings is 1. The van der Waals surface area contributed by atoms with Crippen LogP contribution in [0.1, 0.15) is 19.8 Å². The van der Waals surface area contributed by atoms with Gasteiger partial charge in [-0.15, -0.1) is 12.4 Å². The van der Waals surface area contributed by atoms with E-state index in [2.05, 4.69) is 15.3 Å². The summed E-state index contributed by atoms with van der Waals surface area (Å²) in [6, 6.07) is 2.67. The minimum Gasteiger partial charge on any atom is -0.335 e. The first-order chi connectivity index (χ1) is 8.75. The van der Waals surface area contributed by atoms with Gasteiger partial charge in [0.2, 0.25) is 5.91 Å². The number of carbonyl (C=O) groups excluding carboxylic acids is 1. The molecule has 0 radical (unpaired) electrons. The van der Waals surface area contributed by atoms with Crippen LogP contribution in [0, 0.1) is 5.92 Å². The highest BCUT2D eigenvalue weighted by Gasteiger charge is 2.43. The second kappa shape index (κ2) is 5.92. The summed E-state index contributed by atoms with van der Waals surface area (Å²) in [5.74, 6) is 0.824. The van der Waals surface area contributed by atoms with Crippen LogP contribution in [-0.4, -0.2) is 45.8 Å². The summed E-state index contributed by atoms with van der Waals surface area (Å²) in [6.45, 7) is 4.59. The molecule has 19 heavy (non-hydrogen) atoms. The van der Waals surface area contributed by atoms with Crippen molar-refractivity contribution in [3.05, 3.63) is 18.5 Å². The minimum atomic E-state index is 0. The predicted molar refractivity (Wildman–Crippen MR) is 75.2 cm³/mol. The van der Waals surface area contributed by atoms with Gasteiger partial charge in [0, 0.05) is 25.4 Å². The summed E-state index contributed by atoms with van der Waals surface area (Å²) >= 11 is 0. The second-order valence-corrected chi connectivity index (χ2v) is 5.36. The van der Waals surface area contributed by atoms with Gasteiger partial charge in [0.05, 0.1) is 12.6 Å². The lowest BCUT2D eigenvalue weighted by molar-refractivity contribution is -0.132. The molecule has 3 atom stereocenters. The number of nitrogens with zero attached hydrogens (tertiary/aromatic N) is 3. The van der Waals surface area contributed by atoms with Crippen molar-refractivity contribution in [1.82, 2.24) is 20.0 Å². The van der Waals surface area contributed by atoms with Gasteiger partial charge in [0.15, 0.2) is 0 Å². The summed E-state index contributed by atoms with van der Waals surface area (Å²) in [5, 5.41) is 7.69. The Hall–Kier alpha value is -1.07. The molecule has 0 spiro atoms. The zero-order chi connectivity index (χ0) is 12.5. The fraction of sp³-hybridized carbons (Fsp3) is 0.692. The molecule has 5 nitrogen and oxygen atoms in total. The molecule has 2 aliphatic heterocycles. The van der Waals surface area contributed by atoms with Gasteiger partial charge in [-0.05, 0) is 37.9 Å². The molecule has 0 aromatic carbocycles. The van der Waals surface area contributed by atoms with Crippen LogP contribution in [0.5, 0.6) is 0 Å². The molecule has 1 N–H and O–H groups in total. The average Bonchev–Trinajstić information content (AvgIpc) is 2.95. The molecule has 1 aromatic rings. The lowest BCUT2D eigenvalue weighted by atomic mass is 9.93. The monoisotopic (exact) mass is 284 g/mol. The van der Waals surface area contributed by atoms with Gasteiger partial charge < -0.3 is 10.2 Å². The standard InChI is InChI=1S/C13H20N4O.ClH/c1-10(18)17-12(9-16-6-2-4-15-16)7-11-8-14-5-3-13(11)17;/h2,4,6,11-14H,3,5,7-9H2,1H3;1H/t11-,12+,13+;/m1./s1. The Morgan fingerprint density at radius 3 is 3.05 bits per heavy atom. The number of aromatic nitrogens is 2. The molecule has 2 fully saturated rings. The maximum absolute atomic E-state index is 11.9. The van der Waals surface area contributed by atoms with Crippen LogP contribution in [0.25, 0.3) is 0 Å². The summed E-state index contributed by atoms with van der Waals surface area (Å²) < 4.78 is 1.94. The van der Waals surface area contributed by atoms with E-state index in [0.717, 1.165) is 32.5 Å². The van der Waals surface area contributed by atoms with E-state index in [-0.39, 0.29) is 18.3 Å². The molecule has 2 saturated heterocycles. The normalized spacial score (nSPS) is 29.7. The predicted octanol–water partition coefficient (Wildman–Crippen LogP) is 0.904. The van der Waals surface area contributed by atoms with Gasteiger partial charge in [-0.2, -0.15) is 5.10 Å². The Morgan fingerprint density at radius 2 is 2.37 bits per heavy atom. The third-order valence-corrected chi connectivity index (χ3v) is 4.21. The maximum Gasteiger partial charge on any atom is 0.220 e. The summed E-state index contributed by atoms with van der Waals surface area (Å²) in [4.78, 5) is 14.0. The van der Waals surface area contributed by atoms with Crippen molar-refractivity contribution in [2.45, 2.75) is 38.4 Å². The topological polar surface area (TPSA) is 50.2 Å². The van der Waals surface area contributed by atoms with Crippen molar-refractivity contribution >= 4 is 18.3 Å². The van der Waals surface area contributed by atoms with Gasteiger partial charge in [-0.3, -0.25) is 9.48 Å². The van der Waals surface area contributed by atoms with E-state index in [0.29, 0.717) is 18.0 Å². The molecular weight excluding hydrogens is 264 g/mol. The Labute approximate surface area is 119 Å². The lowest BCUT2D eigenvalue weighted by Crippen LogP contribution is -2.47. The van der Waals surface area contributed by atoms with Crippen molar-refractivity contribution in [2.24, 2.45) is 5.92 Å². The Morgan fingerprint density at radius 1 is 1.53 bits per heavy atom. The number of amides is 1. The van der Waals surface area contributed by atoms with Gasteiger partial charge in [-0.25, -0.2) is 0 Å². The van der Waals surface area contributed by atoms with Crippen LogP contribution >= 0.6 is 12.4 Å². The van der Waals surface area contributed by atoms with Crippen molar-refractivity contribution in [2.75, 3.05) is 13.1 Å². The third kappa shape index (κ3) is 2.77. The average molecular weight is 285 g/mol. The molecule has 106 valence electrons. The van der Waals surface area contributed by atoms with Crippen LogP contribution in [0.2, 0.25) is 0 Å². The van der Waals surface area contributed by atoms with Crippen molar-refractivity contribution in [1.29, 1.82) is 0 Å². The van der Waals surface area contributed by atoms with Gasteiger partial charge >= 0.3 is 0 Å². The fourth-order valence-electron chi connectivity index (χ4n) is 3.53. The minimum absolute atomic E-state index is 0. The summed E-state index contributed by atoms with van der Waals surface area (Å²) in [5.41, 5.74) is 0. The number of hydrogen-bond acceptors (Lipinski definition) is 3. The number of halogens is 1. The van der Waals surface area contributed by atoms with E-state index in [1.807, 2.05) is 16.9 Å². The molecule has 0 unspecified atom stereocenters. The molecule has 1 amide bonds. The molecule has 0 aliphatic carbocycles. The Kier molecular flexibility index (Phi) is 4.47. The fourth-order valence-corrected chi connectivity index (χ4v) is 3.53. The van der Waals surface area contributed by atoms with E-state index >= 15 is 0 Å². The SMILES string of the molecule is CC(=O)N1[C@H](Cn2cccn2)C[C@@H]2CNCC[C@@H]21.Cl. The van der Waals surface area contributed by atoms with Crippen LogP contribution in [-0.2, 0) is 11.3 Å². The summed E-state index contributed by atoms with van der Waals surface area (Å²) in [6.07, 6.45) is 5.94. The van der Waals surface area contributed by atoms with E-state index in [1.54, 1.807) is 13.1 Å². The van der Waals surface area contributed by atoms with Gasteiger partial charge in [0.1, 0.15) is 0 Å². The Bertz CT molecular complexity index is 422. The van der Waals surface area contributed by atoms with Crippen molar-refractivity contribution in [3.63, 3.8) is 0 Å². The molecule has 3 heterocycles. The van der Waals surface area contributed by atoms with E-state index in [9.17, 15) is 4.79 Å². The summed E-state index contributed by atoms with van der Waals surface area (Å²) in [7, 11) is 0. The Balaban J connectivity index is 0.00000133. The first kappa shape index (κ1) is 14.3. The van der Waals surface area contributed by atoms with Gasteiger partial charge in [-0.1, -0.05) is 0 Å². The maximum atomic E-state index is 11.9. The number of fused-ring (bicyclic) bond motifs is 1. The number of hydrogen-bond donors (Lipinski definition) is 1. The third-order valence-electron chi connectivity index (χ3n) is 4.21. The first-order valence-electron chi connectivity index (χ1n) is 6.73. The highest BCUT2D eigenvalue weighted by Crippen LogP contribution is 2.34. The van der Waals surface area contributed by atoms with Crippen LogP contribution in [0.4, 0.5) is 0 Å². The van der Waals surface area contributed by atoms with Gasteiger partial charge in [0.25, 0.3) is 0 Å². The molecule has 3 rings (SSSR count). The zero-order valence-corrected chi connectivity index (χ0v) is 12.0. The first-order valence-corrected chi connectivity index (χ1v) is 6.73. The highest BCUT2D eigenvalue weighted by molar-refractivity contribution is 5.85. The molecule has 2 aliphatic rings. The van der Waals surface area contributed by atoms with E-state index < -0.39 is 0 Å². The van der Waals surface area contributed by atoms with Crippen molar-refractivity contribution < 1.29 is 4.79 Å². The number of carbonyl (C=O) groups is 1. The number of nitrogens with one attached hydrogen (secondary N) is 1. The smallest absolute Gasteiger partial charge is 0.220 e. The lowest BCUT2D eigenvalue weighted by Gasteiger charge is -2.33. The van der Waals surface area contributed by atoms with Crippen LogP contribution < -0.4 is 5.32 Å². The van der Waals surface area contributed by atoms with Crippen LogP contribution in [0.3, 0.4) is 0 Å². The molecule has 0 saturated carbocycles. The van der Waals surface area contributed by atoms with Crippen molar-refractivity contribution in [3.8, 4) is 0 Å². The number of likely N-dealkylation sites (tertiary alicyclic amines) is 1. The zero-order valence-electron chi connectivity index (χ0n) is 11.2. The highest BCUT2D eigenvalue weighted by atomic mass is 35.5. The molecular formula is C13H21ClN4O. The number of rotatable bonds is 2. The van der Waals surface area contributed by atoms with E-state index in [4.69, 9.17) is 0 Å². The quantitative estimate of drug-likeness (QED) is 0.878. The molecule has 0 bridgehead atoms. The molecule has 1 aromatic heterocycles.